The summed E-state index contributed by atoms with van der Waals surface area (Å²) in [5, 5.41) is 0. The molecule has 0 rings (SSSR count). The van der Waals surface area contributed by atoms with Crippen LogP contribution in [0.15, 0.2) is 0 Å². The van der Waals surface area contributed by atoms with E-state index in [-0.39, 0.29) is 10.7 Å². The van der Waals surface area contributed by atoms with Gasteiger partial charge in [0.15, 0.2) is 0 Å². The van der Waals surface area contributed by atoms with E-state index in [1.807, 2.05) is 0 Å². The quantitative estimate of drug-likeness (QED) is 0.345. The van der Waals surface area contributed by atoms with Crippen LogP contribution < -0.4 is 5.73 Å². The van der Waals surface area contributed by atoms with Gasteiger partial charge in [-0.1, -0.05) is 84.0 Å². The molecule has 0 fully saturated rings. The first-order chi connectivity index (χ1) is 9.18. The van der Waals surface area contributed by atoms with Crippen LogP contribution >= 0.6 is 15.9 Å². The first-order valence-electron chi connectivity index (χ1n) is 8.13. The first-order valence-corrected chi connectivity index (χ1v) is 8.92. The van der Waals surface area contributed by atoms with Crippen molar-refractivity contribution < 1.29 is 4.79 Å². The van der Waals surface area contributed by atoms with E-state index in [0.717, 1.165) is 12.8 Å². The van der Waals surface area contributed by atoms with Gasteiger partial charge < -0.3 is 5.73 Å². The molecular weight excluding hydrogens is 302 g/mol. The van der Waals surface area contributed by atoms with Gasteiger partial charge in [-0.25, -0.2) is 0 Å². The van der Waals surface area contributed by atoms with Crippen molar-refractivity contribution in [2.24, 2.45) is 5.73 Å². The Balaban J connectivity index is 3.05. The summed E-state index contributed by atoms with van der Waals surface area (Å²) in [7, 11) is 0. The minimum Gasteiger partial charge on any atom is -0.321 e. The Bertz CT molecular complexity index is 209. The number of hydrogen-bond acceptors (Lipinski definition) is 2. The van der Waals surface area contributed by atoms with E-state index in [9.17, 15) is 4.79 Å². The van der Waals surface area contributed by atoms with Gasteiger partial charge in [-0.05, 0) is 22.4 Å². The van der Waals surface area contributed by atoms with Gasteiger partial charge >= 0.3 is 0 Å². The molecule has 0 saturated carbocycles. The van der Waals surface area contributed by atoms with Gasteiger partial charge in [0.2, 0.25) is 4.69 Å². The maximum Gasteiger partial charge on any atom is 0.214 e. The molecule has 1 atom stereocenters. The predicted octanol–water partition coefficient (Wildman–Crippen LogP) is 5.33. The summed E-state index contributed by atoms with van der Waals surface area (Å²) in [5.74, 6) is 0. The van der Waals surface area contributed by atoms with E-state index in [4.69, 9.17) is 5.73 Å². The second-order valence-electron chi connectivity index (χ2n) is 5.59. The summed E-state index contributed by atoms with van der Waals surface area (Å²) in [6, 6.07) is -0.303. The summed E-state index contributed by atoms with van der Waals surface area (Å²) in [4.78, 5) is 10.9. The van der Waals surface area contributed by atoms with Crippen molar-refractivity contribution in [2.75, 3.05) is 0 Å². The Hall–Kier alpha value is 0.110. The molecule has 114 valence electrons. The van der Waals surface area contributed by atoms with Crippen LogP contribution in [0.25, 0.3) is 0 Å². The molecule has 3 heteroatoms. The van der Waals surface area contributed by atoms with Crippen LogP contribution in [0.5, 0.6) is 0 Å². The van der Waals surface area contributed by atoms with Gasteiger partial charge in [0, 0.05) is 0 Å². The number of nitrogens with two attached hydrogens (primary N) is 1. The highest BCUT2D eigenvalue weighted by Gasteiger charge is 2.08. The topological polar surface area (TPSA) is 43.1 Å². The SMILES string of the molecule is CCCCCCCCCCCCCCC(N)C(=O)Br. The van der Waals surface area contributed by atoms with Crippen molar-refractivity contribution >= 4 is 20.6 Å². The Morgan fingerprint density at radius 3 is 1.58 bits per heavy atom. The van der Waals surface area contributed by atoms with Crippen LogP contribution in [0.4, 0.5) is 0 Å². The van der Waals surface area contributed by atoms with E-state index in [1.165, 1.54) is 70.6 Å². The van der Waals surface area contributed by atoms with Gasteiger partial charge in [0.05, 0.1) is 6.04 Å². The molecule has 1 unspecified atom stereocenters. The zero-order valence-corrected chi connectivity index (χ0v) is 14.2. The van der Waals surface area contributed by atoms with Crippen LogP contribution in [0.2, 0.25) is 0 Å². The molecule has 0 heterocycles. The lowest BCUT2D eigenvalue weighted by Gasteiger charge is -2.06. The molecule has 0 saturated heterocycles. The van der Waals surface area contributed by atoms with Crippen LogP contribution in [-0.4, -0.2) is 10.7 Å². The summed E-state index contributed by atoms with van der Waals surface area (Å²) >= 11 is 2.91. The lowest BCUT2D eigenvalue weighted by molar-refractivity contribution is -0.111. The van der Waals surface area contributed by atoms with E-state index in [2.05, 4.69) is 22.9 Å². The molecular formula is C16H32BrNO. The number of carbonyl (C=O) groups is 1. The Morgan fingerprint density at radius 1 is 0.842 bits per heavy atom. The second-order valence-corrected chi connectivity index (χ2v) is 6.37. The van der Waals surface area contributed by atoms with Crippen molar-refractivity contribution in [2.45, 2.75) is 96.4 Å². The van der Waals surface area contributed by atoms with Gasteiger partial charge in [-0.2, -0.15) is 0 Å². The van der Waals surface area contributed by atoms with Crippen molar-refractivity contribution in [3.8, 4) is 0 Å². The smallest absolute Gasteiger partial charge is 0.214 e. The molecule has 0 aliphatic rings. The van der Waals surface area contributed by atoms with Gasteiger partial charge in [-0.15, -0.1) is 0 Å². The van der Waals surface area contributed by atoms with E-state index in [1.54, 1.807) is 0 Å². The fourth-order valence-corrected chi connectivity index (χ4v) is 2.55. The zero-order valence-electron chi connectivity index (χ0n) is 12.6. The molecule has 0 spiro atoms. The van der Waals surface area contributed by atoms with Crippen molar-refractivity contribution in [1.29, 1.82) is 0 Å². The first kappa shape index (κ1) is 19.1. The molecule has 0 aromatic heterocycles. The monoisotopic (exact) mass is 333 g/mol. The number of unbranched alkanes of at least 4 members (excludes halogenated alkanes) is 11. The van der Waals surface area contributed by atoms with Gasteiger partial charge in [-0.3, -0.25) is 4.79 Å². The highest BCUT2D eigenvalue weighted by molar-refractivity contribution is 9.18. The van der Waals surface area contributed by atoms with E-state index < -0.39 is 0 Å². The average Bonchev–Trinajstić information content (AvgIpc) is 2.39. The Morgan fingerprint density at radius 2 is 1.21 bits per heavy atom. The maximum atomic E-state index is 10.9. The van der Waals surface area contributed by atoms with Gasteiger partial charge in [0.25, 0.3) is 0 Å². The highest BCUT2D eigenvalue weighted by Crippen LogP contribution is 2.13. The van der Waals surface area contributed by atoms with Gasteiger partial charge in [0.1, 0.15) is 0 Å². The molecule has 2 N–H and O–H groups in total. The molecule has 0 amide bonds. The third-order valence-electron chi connectivity index (χ3n) is 3.66. The van der Waals surface area contributed by atoms with Crippen LogP contribution in [0, 0.1) is 0 Å². The van der Waals surface area contributed by atoms with E-state index >= 15 is 0 Å². The summed E-state index contributed by atoms with van der Waals surface area (Å²) in [6.07, 6.45) is 16.9. The molecule has 0 aliphatic heterocycles. The largest absolute Gasteiger partial charge is 0.321 e. The van der Waals surface area contributed by atoms with E-state index in [0.29, 0.717) is 0 Å². The number of hydrogen-bond donors (Lipinski definition) is 1. The Kier molecular flexibility index (Phi) is 14.6. The standard InChI is InChI=1S/C16H32BrNO/c1-2-3-4-5-6-7-8-9-10-11-12-13-14-15(18)16(17)19/h15H,2-14,18H2,1H3. The van der Waals surface area contributed by atoms with Crippen LogP contribution in [-0.2, 0) is 4.79 Å². The second kappa shape index (κ2) is 14.5. The number of carbonyl (C=O) groups excluding carboxylic acids is 1. The molecule has 0 aromatic carbocycles. The highest BCUT2D eigenvalue weighted by atomic mass is 79.9. The molecule has 0 aliphatic carbocycles. The van der Waals surface area contributed by atoms with Crippen LogP contribution in [0.3, 0.4) is 0 Å². The van der Waals surface area contributed by atoms with Crippen molar-refractivity contribution in [3.63, 3.8) is 0 Å². The Labute approximate surface area is 128 Å². The number of halogens is 1. The maximum absolute atomic E-state index is 10.9. The lowest BCUT2D eigenvalue weighted by atomic mass is 10.0. The lowest BCUT2D eigenvalue weighted by Crippen LogP contribution is -2.25. The predicted molar refractivity (Wildman–Crippen MR) is 87.6 cm³/mol. The number of rotatable bonds is 14. The third kappa shape index (κ3) is 14.3. The molecule has 0 aromatic rings. The van der Waals surface area contributed by atoms with Crippen molar-refractivity contribution in [1.82, 2.24) is 0 Å². The summed E-state index contributed by atoms with van der Waals surface area (Å²) < 4.78 is -0.0597. The van der Waals surface area contributed by atoms with Crippen LogP contribution in [0.1, 0.15) is 90.4 Å². The third-order valence-corrected chi connectivity index (χ3v) is 4.25. The fraction of sp³-hybridized carbons (Fsp3) is 0.938. The molecule has 0 bridgehead atoms. The molecule has 19 heavy (non-hydrogen) atoms. The minimum atomic E-state index is -0.303. The normalized spacial score (nSPS) is 12.6. The summed E-state index contributed by atoms with van der Waals surface area (Å²) in [6.45, 7) is 2.26. The summed E-state index contributed by atoms with van der Waals surface area (Å²) in [5.41, 5.74) is 5.65. The average molecular weight is 334 g/mol. The molecule has 0 radical (unpaired) electrons. The fourth-order valence-electron chi connectivity index (χ4n) is 2.32. The minimum absolute atomic E-state index is 0.0597. The van der Waals surface area contributed by atoms with Crippen molar-refractivity contribution in [3.05, 3.63) is 0 Å². The zero-order chi connectivity index (χ0) is 14.3. The molecule has 2 nitrogen and oxygen atoms in total.